The quantitative estimate of drug-likeness (QED) is 0.0577. The molecule has 2 unspecified atom stereocenters. The molecule has 0 amide bonds. The molecule has 0 radical (unpaired) electrons. The fraction of sp³-hybridized carbons (Fsp3) is 0.481. The summed E-state index contributed by atoms with van der Waals surface area (Å²) in [5.41, 5.74) is 14.6. The molecule has 2 aliphatic rings. The molecule has 0 aliphatic heterocycles. The molecule has 0 bridgehead atoms. The van der Waals surface area contributed by atoms with Crippen molar-refractivity contribution in [1.82, 2.24) is 0 Å². The number of hydrogen-bond donors (Lipinski definition) is 0. The van der Waals surface area contributed by atoms with Crippen LogP contribution in [0.2, 0.25) is 0 Å². The molecule has 0 fully saturated rings. The zero-order chi connectivity index (χ0) is 37.9. The van der Waals surface area contributed by atoms with Crippen LogP contribution >= 0.6 is 0 Å². The van der Waals surface area contributed by atoms with Crippen molar-refractivity contribution < 1.29 is 4.74 Å². The summed E-state index contributed by atoms with van der Waals surface area (Å²) in [6, 6.07) is 37.2. The Kier molecular flexibility index (Phi) is 17.0. The Bertz CT molecular complexity index is 1590. The molecule has 0 heterocycles. The van der Waals surface area contributed by atoms with Crippen LogP contribution in [0.3, 0.4) is 0 Å². The second kappa shape index (κ2) is 22.8. The summed E-state index contributed by atoms with van der Waals surface area (Å²) in [5.74, 6) is 1.35. The van der Waals surface area contributed by atoms with Gasteiger partial charge in [0.15, 0.2) is 0 Å². The first-order valence-electron chi connectivity index (χ1n) is 22.5. The standard InChI is InChI=1S/C54H70O/c1-3-5-13-43-17-25-47(26-18-43)51-33-37-53(38-34-51)49-29-21-45(22-30-49)15-9-7-11-41-55-42-12-8-10-16-46-23-31-50(32-24-46)54-39-35-52(36-40-54)48-27-19-44(20-28-48)14-6-4-2/h17-21,23,25-28,33-40,49-50H,3-16,22,24,29-32,41-42H2,1-2H3. The number of ether oxygens (including phenoxy) is 1. The van der Waals surface area contributed by atoms with Gasteiger partial charge in [-0.25, -0.2) is 0 Å². The van der Waals surface area contributed by atoms with Crippen LogP contribution < -0.4 is 0 Å². The van der Waals surface area contributed by atoms with Crippen LogP contribution in [0.4, 0.5) is 0 Å². The summed E-state index contributed by atoms with van der Waals surface area (Å²) < 4.78 is 6.03. The predicted molar refractivity (Wildman–Crippen MR) is 238 cm³/mol. The minimum absolute atomic E-state index is 0.674. The smallest absolute Gasteiger partial charge is 0.0466 e. The zero-order valence-corrected chi connectivity index (χ0v) is 34.5. The molecule has 0 saturated carbocycles. The number of hydrogen-bond acceptors (Lipinski definition) is 1. The third kappa shape index (κ3) is 13.2. The third-order valence-corrected chi connectivity index (χ3v) is 12.6. The number of aryl methyl sites for hydroxylation is 2. The Labute approximate surface area is 335 Å². The van der Waals surface area contributed by atoms with Crippen molar-refractivity contribution in [3.63, 3.8) is 0 Å². The second-order valence-electron chi connectivity index (χ2n) is 16.7. The highest BCUT2D eigenvalue weighted by atomic mass is 16.5. The van der Waals surface area contributed by atoms with Gasteiger partial charge in [0.05, 0.1) is 0 Å². The van der Waals surface area contributed by atoms with Gasteiger partial charge in [-0.1, -0.05) is 160 Å². The topological polar surface area (TPSA) is 9.23 Å². The second-order valence-corrected chi connectivity index (χ2v) is 16.7. The fourth-order valence-corrected chi connectivity index (χ4v) is 8.79. The van der Waals surface area contributed by atoms with E-state index in [2.05, 4.69) is 123 Å². The molecule has 0 saturated heterocycles. The van der Waals surface area contributed by atoms with E-state index in [1.165, 1.54) is 173 Å². The zero-order valence-electron chi connectivity index (χ0n) is 34.5. The first-order valence-corrected chi connectivity index (χ1v) is 22.5. The lowest BCUT2D eigenvalue weighted by molar-refractivity contribution is 0.126. The number of benzene rings is 4. The van der Waals surface area contributed by atoms with Crippen LogP contribution in [0.5, 0.6) is 0 Å². The van der Waals surface area contributed by atoms with E-state index in [1.807, 2.05) is 0 Å². The molecular weight excluding hydrogens is 665 g/mol. The third-order valence-electron chi connectivity index (χ3n) is 12.6. The lowest BCUT2D eigenvalue weighted by atomic mass is 9.83. The van der Waals surface area contributed by atoms with Crippen LogP contribution in [0.15, 0.2) is 120 Å². The molecular formula is C54H70O. The Balaban J connectivity index is 0.769. The maximum atomic E-state index is 6.03. The van der Waals surface area contributed by atoms with E-state index >= 15 is 0 Å². The minimum Gasteiger partial charge on any atom is -0.381 e. The van der Waals surface area contributed by atoms with Gasteiger partial charge >= 0.3 is 0 Å². The van der Waals surface area contributed by atoms with Crippen LogP contribution in [-0.2, 0) is 17.6 Å². The van der Waals surface area contributed by atoms with Gasteiger partial charge in [-0.15, -0.1) is 0 Å². The van der Waals surface area contributed by atoms with Crippen LogP contribution in [-0.4, -0.2) is 13.2 Å². The van der Waals surface area contributed by atoms with Crippen molar-refractivity contribution in [2.24, 2.45) is 0 Å². The molecule has 4 aromatic carbocycles. The summed E-state index contributed by atoms with van der Waals surface area (Å²) in [7, 11) is 0. The number of rotatable bonds is 22. The molecule has 0 N–H and O–H groups in total. The Morgan fingerprint density at radius 3 is 1.15 bits per heavy atom. The fourth-order valence-electron chi connectivity index (χ4n) is 8.79. The molecule has 4 aromatic rings. The highest BCUT2D eigenvalue weighted by Gasteiger charge is 2.18. The van der Waals surface area contributed by atoms with E-state index in [1.54, 1.807) is 11.1 Å². The van der Waals surface area contributed by atoms with Gasteiger partial charge < -0.3 is 4.74 Å². The average molecular weight is 735 g/mol. The van der Waals surface area contributed by atoms with E-state index in [9.17, 15) is 0 Å². The largest absolute Gasteiger partial charge is 0.381 e. The summed E-state index contributed by atoms with van der Waals surface area (Å²) in [4.78, 5) is 0. The number of allylic oxidation sites excluding steroid dienone is 4. The Hall–Kier alpha value is -3.68. The van der Waals surface area contributed by atoms with Crippen molar-refractivity contribution in [2.75, 3.05) is 13.2 Å². The van der Waals surface area contributed by atoms with Crippen LogP contribution in [0.25, 0.3) is 22.3 Å². The Morgan fingerprint density at radius 2 is 0.800 bits per heavy atom. The summed E-state index contributed by atoms with van der Waals surface area (Å²) in [6.07, 6.45) is 30.2. The maximum absolute atomic E-state index is 6.03. The molecule has 292 valence electrons. The molecule has 2 atom stereocenters. The first-order chi connectivity index (χ1) is 27.2. The summed E-state index contributed by atoms with van der Waals surface area (Å²) in [5, 5.41) is 0. The molecule has 55 heavy (non-hydrogen) atoms. The van der Waals surface area contributed by atoms with Crippen molar-refractivity contribution in [3.8, 4) is 22.3 Å². The van der Waals surface area contributed by atoms with Crippen LogP contribution in [0.1, 0.15) is 164 Å². The van der Waals surface area contributed by atoms with Crippen LogP contribution in [0, 0.1) is 0 Å². The van der Waals surface area contributed by atoms with Gasteiger partial charge in [0.1, 0.15) is 0 Å². The minimum atomic E-state index is 0.674. The summed E-state index contributed by atoms with van der Waals surface area (Å²) in [6.45, 7) is 6.38. The SMILES string of the molecule is CCCCc1ccc(-c2ccc(C3CC=C(CCCCCOCCCCCC4=CCC(c5ccc(-c6ccc(CCCC)cc6)cc5)CC4)CC3)cc2)cc1. The lowest BCUT2D eigenvalue weighted by Crippen LogP contribution is -2.05. The van der Waals surface area contributed by atoms with E-state index in [0.29, 0.717) is 11.8 Å². The van der Waals surface area contributed by atoms with Crippen molar-refractivity contribution in [1.29, 1.82) is 0 Å². The van der Waals surface area contributed by atoms with Crippen molar-refractivity contribution in [3.05, 3.63) is 143 Å². The van der Waals surface area contributed by atoms with Gasteiger partial charge in [0.2, 0.25) is 0 Å². The maximum Gasteiger partial charge on any atom is 0.0466 e. The first kappa shape index (κ1) is 41.0. The summed E-state index contributed by atoms with van der Waals surface area (Å²) >= 11 is 0. The van der Waals surface area contributed by atoms with E-state index in [-0.39, 0.29) is 0 Å². The molecule has 0 aromatic heterocycles. The molecule has 1 heteroatoms. The molecule has 1 nitrogen and oxygen atoms in total. The monoisotopic (exact) mass is 735 g/mol. The lowest BCUT2D eigenvalue weighted by Gasteiger charge is -2.23. The van der Waals surface area contributed by atoms with E-state index < -0.39 is 0 Å². The van der Waals surface area contributed by atoms with Gasteiger partial charge in [-0.3, -0.25) is 0 Å². The highest BCUT2D eigenvalue weighted by molar-refractivity contribution is 5.65. The molecule has 0 spiro atoms. The van der Waals surface area contributed by atoms with Gasteiger partial charge in [0, 0.05) is 13.2 Å². The van der Waals surface area contributed by atoms with E-state index in [0.717, 1.165) is 13.2 Å². The van der Waals surface area contributed by atoms with Gasteiger partial charge in [-0.2, -0.15) is 0 Å². The van der Waals surface area contributed by atoms with Crippen molar-refractivity contribution >= 4 is 0 Å². The van der Waals surface area contributed by atoms with Gasteiger partial charge in [0.25, 0.3) is 0 Å². The molecule has 6 rings (SSSR count). The van der Waals surface area contributed by atoms with Crippen molar-refractivity contribution in [2.45, 2.75) is 154 Å². The Morgan fingerprint density at radius 1 is 0.418 bits per heavy atom. The van der Waals surface area contributed by atoms with Gasteiger partial charge in [-0.05, 0) is 159 Å². The normalized spacial score (nSPS) is 17.2. The average Bonchev–Trinajstić information content (AvgIpc) is 3.25. The highest BCUT2D eigenvalue weighted by Crippen LogP contribution is 2.36. The predicted octanol–water partition coefficient (Wildman–Crippen LogP) is 15.9. The van der Waals surface area contributed by atoms with E-state index in [4.69, 9.17) is 4.74 Å². The molecule has 2 aliphatic carbocycles. The number of unbranched alkanes of at least 4 members (excludes halogenated alkanes) is 6.